The van der Waals surface area contributed by atoms with Crippen molar-refractivity contribution in [3.8, 4) is 0 Å². The first kappa shape index (κ1) is 16.7. The number of nitrogens with one attached hydrogen (secondary N) is 1. The Hall–Kier alpha value is -1.36. The van der Waals surface area contributed by atoms with Crippen LogP contribution in [-0.4, -0.2) is 37.5 Å². The van der Waals surface area contributed by atoms with Crippen molar-refractivity contribution in [2.45, 2.75) is 10.8 Å². The van der Waals surface area contributed by atoms with E-state index in [9.17, 15) is 27.3 Å². The van der Waals surface area contributed by atoms with Crippen molar-refractivity contribution in [1.29, 1.82) is 0 Å². The van der Waals surface area contributed by atoms with E-state index in [4.69, 9.17) is 16.7 Å². The van der Waals surface area contributed by atoms with Gasteiger partial charge in [-0.25, -0.2) is 21.9 Å². The van der Waals surface area contributed by atoms with E-state index in [1.165, 1.54) is 0 Å². The third-order valence-electron chi connectivity index (χ3n) is 2.17. The van der Waals surface area contributed by atoms with Gasteiger partial charge in [0.05, 0.1) is 16.5 Å². The molecule has 0 atom stereocenters. The Morgan fingerprint density at radius 2 is 2.05 bits per heavy atom. The summed E-state index contributed by atoms with van der Waals surface area (Å²) in [5, 5.41) is 18.3. The molecule has 1 aromatic carbocycles. The number of nitro benzene ring substituents is 1. The average molecular weight is 331 g/mol. The van der Waals surface area contributed by atoms with Crippen molar-refractivity contribution in [3.63, 3.8) is 0 Å². The van der Waals surface area contributed by atoms with Crippen molar-refractivity contribution in [2.24, 2.45) is 0 Å². The maximum atomic E-state index is 12.8. The number of nitro groups is 1. The second kappa shape index (κ2) is 5.95. The largest absolute Gasteiger partial charge is 0.390 e. The molecular formula is C9H9ClF2N2O5S. The number of aliphatic hydroxyl groups is 1. The van der Waals surface area contributed by atoms with Crippen LogP contribution in [0.3, 0.4) is 0 Å². The molecule has 0 bridgehead atoms. The van der Waals surface area contributed by atoms with Crippen LogP contribution in [0.4, 0.5) is 14.5 Å². The monoisotopic (exact) mass is 330 g/mol. The number of benzene rings is 1. The number of hydrogen-bond acceptors (Lipinski definition) is 5. The van der Waals surface area contributed by atoms with Crippen molar-refractivity contribution < 1.29 is 27.2 Å². The molecule has 2 N–H and O–H groups in total. The van der Waals surface area contributed by atoms with Gasteiger partial charge < -0.3 is 5.11 Å². The van der Waals surface area contributed by atoms with Gasteiger partial charge in [0, 0.05) is 12.1 Å². The third kappa shape index (κ3) is 4.07. The van der Waals surface area contributed by atoms with E-state index in [0.717, 1.165) is 18.2 Å². The summed E-state index contributed by atoms with van der Waals surface area (Å²) < 4.78 is 50.5. The van der Waals surface area contributed by atoms with E-state index in [2.05, 4.69) is 0 Å². The predicted molar refractivity (Wildman–Crippen MR) is 65.3 cm³/mol. The molecule has 0 aliphatic carbocycles. The molecule has 11 heteroatoms. The van der Waals surface area contributed by atoms with E-state index in [1.807, 2.05) is 0 Å². The molecule has 1 aromatic rings. The van der Waals surface area contributed by atoms with Gasteiger partial charge in [-0.05, 0) is 6.07 Å². The number of nitrogens with zero attached hydrogens (tertiary/aromatic N) is 1. The number of alkyl halides is 2. The zero-order valence-electron chi connectivity index (χ0n) is 9.72. The van der Waals surface area contributed by atoms with E-state index in [1.54, 1.807) is 4.72 Å². The molecule has 0 unspecified atom stereocenters. The Morgan fingerprint density at radius 3 is 2.50 bits per heavy atom. The molecule has 0 aromatic heterocycles. The Morgan fingerprint density at radius 1 is 1.45 bits per heavy atom. The van der Waals surface area contributed by atoms with Crippen molar-refractivity contribution >= 4 is 27.3 Å². The maximum Gasteiger partial charge on any atom is 0.283 e. The van der Waals surface area contributed by atoms with Gasteiger partial charge in [-0.15, -0.1) is 0 Å². The van der Waals surface area contributed by atoms with Crippen LogP contribution in [0.5, 0.6) is 0 Å². The van der Waals surface area contributed by atoms with Crippen LogP contribution in [0.25, 0.3) is 0 Å². The molecule has 0 amide bonds. The second-order valence-corrected chi connectivity index (χ2v) is 5.85. The fraction of sp³-hybridized carbons (Fsp3) is 0.333. The molecule has 112 valence electrons. The maximum absolute atomic E-state index is 12.8. The predicted octanol–water partition coefficient (Wildman–Crippen LogP) is 1.15. The van der Waals surface area contributed by atoms with Crippen LogP contribution in [0, 0.1) is 10.1 Å². The van der Waals surface area contributed by atoms with Crippen LogP contribution >= 0.6 is 11.6 Å². The molecule has 0 fully saturated rings. The van der Waals surface area contributed by atoms with Crippen molar-refractivity contribution in [2.75, 3.05) is 13.2 Å². The summed E-state index contributed by atoms with van der Waals surface area (Å²) >= 11 is 5.58. The average Bonchev–Trinajstić information content (AvgIpc) is 2.36. The smallest absolute Gasteiger partial charge is 0.283 e. The highest BCUT2D eigenvalue weighted by molar-refractivity contribution is 7.89. The zero-order valence-corrected chi connectivity index (χ0v) is 11.3. The summed E-state index contributed by atoms with van der Waals surface area (Å²) in [7, 11) is -4.37. The van der Waals surface area contributed by atoms with Crippen molar-refractivity contribution in [1.82, 2.24) is 4.72 Å². The Labute approximate surface area is 117 Å². The lowest BCUT2D eigenvalue weighted by Gasteiger charge is -2.14. The van der Waals surface area contributed by atoms with Gasteiger partial charge in [0.15, 0.2) is 0 Å². The fourth-order valence-corrected chi connectivity index (χ4v) is 2.75. The minimum Gasteiger partial charge on any atom is -0.390 e. The number of halogens is 3. The first-order chi connectivity index (χ1) is 9.09. The highest BCUT2D eigenvalue weighted by atomic mass is 35.5. The molecular weight excluding hydrogens is 322 g/mol. The second-order valence-electron chi connectivity index (χ2n) is 3.71. The SMILES string of the molecule is O=[N+]([O-])c1ccc(S(=O)(=O)NCC(F)(F)CO)c(Cl)c1. The molecule has 0 spiro atoms. The van der Waals surface area contributed by atoms with Crippen LogP contribution in [-0.2, 0) is 10.0 Å². The van der Waals surface area contributed by atoms with Gasteiger partial charge >= 0.3 is 0 Å². The normalized spacial score (nSPS) is 12.4. The van der Waals surface area contributed by atoms with Gasteiger partial charge in [0.25, 0.3) is 11.6 Å². The first-order valence-corrected chi connectivity index (χ1v) is 6.87. The summed E-state index contributed by atoms with van der Waals surface area (Å²) in [5.74, 6) is -3.62. The molecule has 0 aliphatic heterocycles. The lowest BCUT2D eigenvalue weighted by atomic mass is 10.3. The van der Waals surface area contributed by atoms with Crippen molar-refractivity contribution in [3.05, 3.63) is 33.3 Å². The van der Waals surface area contributed by atoms with E-state index >= 15 is 0 Å². The van der Waals surface area contributed by atoms with Gasteiger partial charge in [0.1, 0.15) is 11.5 Å². The number of aliphatic hydroxyl groups excluding tert-OH is 1. The molecule has 0 aliphatic rings. The van der Waals surface area contributed by atoms with Crippen LogP contribution in [0.1, 0.15) is 0 Å². The van der Waals surface area contributed by atoms with E-state index in [0.29, 0.717) is 0 Å². The summed E-state index contributed by atoms with van der Waals surface area (Å²) in [6.07, 6.45) is 0. The van der Waals surface area contributed by atoms with Gasteiger partial charge in [-0.1, -0.05) is 11.6 Å². The number of hydrogen-bond donors (Lipinski definition) is 2. The Kier molecular flexibility index (Phi) is 4.97. The topological polar surface area (TPSA) is 110 Å². The Bertz CT molecular complexity index is 623. The molecule has 1 rings (SSSR count). The number of rotatable bonds is 6. The minimum atomic E-state index is -4.37. The molecule has 0 heterocycles. The number of sulfonamides is 1. The molecule has 7 nitrogen and oxygen atoms in total. The third-order valence-corrected chi connectivity index (χ3v) is 4.05. The van der Waals surface area contributed by atoms with Gasteiger partial charge in [-0.3, -0.25) is 10.1 Å². The zero-order chi connectivity index (χ0) is 15.6. The first-order valence-electron chi connectivity index (χ1n) is 5.01. The van der Waals surface area contributed by atoms with Crippen LogP contribution in [0.2, 0.25) is 5.02 Å². The molecule has 20 heavy (non-hydrogen) atoms. The standard InChI is InChI=1S/C9H9ClF2N2O5S/c10-7-3-6(14(16)17)1-2-8(7)20(18,19)13-4-9(11,12)5-15/h1-3,13,15H,4-5H2. The quantitative estimate of drug-likeness (QED) is 0.600. The summed E-state index contributed by atoms with van der Waals surface area (Å²) in [4.78, 5) is 9.11. The lowest BCUT2D eigenvalue weighted by Crippen LogP contribution is -2.39. The van der Waals surface area contributed by atoms with Gasteiger partial charge in [-0.2, -0.15) is 0 Å². The van der Waals surface area contributed by atoms with Crippen LogP contribution in [0.15, 0.2) is 23.1 Å². The minimum absolute atomic E-state index is 0.436. The van der Waals surface area contributed by atoms with E-state index in [-0.39, 0.29) is 0 Å². The highest BCUT2D eigenvalue weighted by Crippen LogP contribution is 2.26. The van der Waals surface area contributed by atoms with Crippen LogP contribution < -0.4 is 4.72 Å². The summed E-state index contributed by atoms with van der Waals surface area (Å²) in [6, 6.07) is 2.50. The lowest BCUT2D eigenvalue weighted by molar-refractivity contribution is -0.384. The molecule has 0 saturated heterocycles. The summed E-state index contributed by atoms with van der Waals surface area (Å²) in [6.45, 7) is -2.84. The summed E-state index contributed by atoms with van der Waals surface area (Å²) in [5.41, 5.74) is -0.436. The number of non-ortho nitro benzene ring substituents is 1. The molecule has 0 saturated carbocycles. The van der Waals surface area contributed by atoms with Gasteiger partial charge in [0.2, 0.25) is 10.0 Å². The Balaban J connectivity index is 3.02. The van der Waals surface area contributed by atoms with E-state index < -0.39 is 49.6 Å². The highest BCUT2D eigenvalue weighted by Gasteiger charge is 2.31. The fourth-order valence-electron chi connectivity index (χ4n) is 1.16. The molecule has 0 radical (unpaired) electrons.